The summed E-state index contributed by atoms with van der Waals surface area (Å²) in [7, 11) is 0. The maximum Gasteiger partial charge on any atom is 0.416 e. The largest absolute Gasteiger partial charge is 0.416 e. The number of amides is 2. The van der Waals surface area contributed by atoms with Gasteiger partial charge in [-0.3, -0.25) is 0 Å². The average Bonchev–Trinajstić information content (AvgIpc) is 3.02. The third kappa shape index (κ3) is 5.72. The molecule has 2 aromatic rings. The van der Waals surface area contributed by atoms with E-state index < -0.39 is 17.8 Å². The smallest absolute Gasteiger partial charge is 0.356 e. The summed E-state index contributed by atoms with van der Waals surface area (Å²) in [6.45, 7) is 1.45. The summed E-state index contributed by atoms with van der Waals surface area (Å²) in [6.07, 6.45) is -2.89. The number of rotatable bonds is 3. The van der Waals surface area contributed by atoms with Crippen LogP contribution in [0.25, 0.3) is 0 Å². The highest BCUT2D eigenvalue weighted by atomic mass is 35.5. The normalized spacial score (nSPS) is 15.5. The maximum atomic E-state index is 12.7. The van der Waals surface area contributed by atoms with Crippen molar-refractivity contribution >= 4 is 30.0 Å². The van der Waals surface area contributed by atoms with Crippen molar-refractivity contribution in [2.75, 3.05) is 11.9 Å². The van der Waals surface area contributed by atoms with Crippen LogP contribution in [0.2, 0.25) is 0 Å². The molecule has 2 aromatic carbocycles. The Labute approximate surface area is 161 Å². The second-order valence-corrected chi connectivity index (χ2v) is 6.05. The van der Waals surface area contributed by atoms with E-state index >= 15 is 0 Å². The van der Waals surface area contributed by atoms with Crippen molar-refractivity contribution in [1.82, 2.24) is 4.90 Å². The number of aliphatic imine (C=N–C) groups is 1. The van der Waals surface area contributed by atoms with Crippen molar-refractivity contribution in [2.24, 2.45) is 4.99 Å². The Balaban J connectivity index is 0.00000261. The van der Waals surface area contributed by atoms with Crippen molar-refractivity contribution in [1.29, 1.82) is 0 Å². The van der Waals surface area contributed by atoms with E-state index in [-0.39, 0.29) is 18.1 Å². The van der Waals surface area contributed by atoms with Gasteiger partial charge in [-0.1, -0.05) is 36.4 Å². The van der Waals surface area contributed by atoms with Gasteiger partial charge in [-0.15, -0.1) is 12.4 Å². The molecule has 3 rings (SSSR count). The lowest BCUT2D eigenvalue weighted by Crippen LogP contribution is -2.26. The number of hydrogen-bond donors (Lipinski definition) is 1. The van der Waals surface area contributed by atoms with Gasteiger partial charge < -0.3 is 10.2 Å². The zero-order chi connectivity index (χ0) is 18.6. The Morgan fingerprint density at radius 1 is 1.11 bits per heavy atom. The van der Waals surface area contributed by atoms with Gasteiger partial charge >= 0.3 is 12.2 Å². The first-order valence-electron chi connectivity index (χ1n) is 8.26. The zero-order valence-electron chi connectivity index (χ0n) is 14.4. The van der Waals surface area contributed by atoms with Gasteiger partial charge in [0.2, 0.25) is 0 Å². The molecular weight excluding hydrogens is 379 g/mol. The Morgan fingerprint density at radius 2 is 1.85 bits per heavy atom. The number of nitrogens with one attached hydrogen (secondary N) is 1. The Hall–Kier alpha value is -2.54. The Morgan fingerprint density at radius 3 is 2.56 bits per heavy atom. The number of benzene rings is 2. The van der Waals surface area contributed by atoms with Crippen LogP contribution in [0.3, 0.4) is 0 Å². The molecule has 1 heterocycles. The summed E-state index contributed by atoms with van der Waals surface area (Å²) in [6, 6.07) is 13.7. The van der Waals surface area contributed by atoms with Gasteiger partial charge in [-0.05, 0) is 30.2 Å². The molecule has 144 valence electrons. The Bertz CT molecular complexity index is 809. The van der Waals surface area contributed by atoms with Crippen molar-refractivity contribution in [2.45, 2.75) is 25.6 Å². The minimum atomic E-state index is -4.45. The molecule has 8 heteroatoms. The summed E-state index contributed by atoms with van der Waals surface area (Å²) >= 11 is 0. The predicted octanol–water partition coefficient (Wildman–Crippen LogP) is 5.35. The molecule has 0 unspecified atom stereocenters. The summed E-state index contributed by atoms with van der Waals surface area (Å²) in [5.41, 5.74) is 0.372. The first kappa shape index (κ1) is 20.8. The van der Waals surface area contributed by atoms with Crippen molar-refractivity contribution in [3.8, 4) is 0 Å². The van der Waals surface area contributed by atoms with Crippen LogP contribution in [0.5, 0.6) is 0 Å². The number of nitrogens with zero attached hydrogens (tertiary/aromatic N) is 2. The molecule has 0 radical (unpaired) electrons. The lowest BCUT2D eigenvalue weighted by molar-refractivity contribution is -0.137. The van der Waals surface area contributed by atoms with E-state index in [0.29, 0.717) is 18.8 Å². The van der Waals surface area contributed by atoms with E-state index in [0.717, 1.165) is 30.7 Å². The standard InChI is InChI=1S/C19H18F3N3O.ClH/c20-19(21,22)15-8-4-9-16(12-15)23-18(26)24-17-10-5-11-25(17)13-14-6-2-1-3-7-14;/h1-4,6-9,12H,5,10-11,13H2,(H,23,26);1H. The van der Waals surface area contributed by atoms with Crippen molar-refractivity contribution < 1.29 is 18.0 Å². The molecule has 1 aliphatic rings. The van der Waals surface area contributed by atoms with Gasteiger partial charge in [-0.25, -0.2) is 4.79 Å². The van der Waals surface area contributed by atoms with E-state index in [9.17, 15) is 18.0 Å². The van der Waals surface area contributed by atoms with Gasteiger partial charge in [0.05, 0.1) is 5.56 Å². The molecule has 0 spiro atoms. The first-order chi connectivity index (χ1) is 12.4. The van der Waals surface area contributed by atoms with Crippen molar-refractivity contribution in [3.63, 3.8) is 0 Å². The predicted molar refractivity (Wildman–Crippen MR) is 101 cm³/mol. The van der Waals surface area contributed by atoms with E-state index in [1.54, 1.807) is 0 Å². The van der Waals surface area contributed by atoms with Crippen LogP contribution in [0.1, 0.15) is 24.0 Å². The summed E-state index contributed by atoms with van der Waals surface area (Å²) in [4.78, 5) is 18.2. The lowest BCUT2D eigenvalue weighted by atomic mass is 10.2. The molecule has 0 saturated carbocycles. The molecule has 0 aliphatic carbocycles. The number of halogens is 4. The number of amidine groups is 1. The fraction of sp³-hybridized carbons (Fsp3) is 0.263. The number of anilines is 1. The molecule has 0 bridgehead atoms. The molecular formula is C19H19ClF3N3O. The van der Waals surface area contributed by atoms with Gasteiger partial charge in [0.15, 0.2) is 0 Å². The van der Waals surface area contributed by atoms with Gasteiger partial charge in [-0.2, -0.15) is 18.2 Å². The minimum Gasteiger partial charge on any atom is -0.356 e. The van der Waals surface area contributed by atoms with Crippen molar-refractivity contribution in [3.05, 3.63) is 65.7 Å². The number of carbonyl (C=O) groups excluding carboxylic acids is 1. The molecule has 2 amide bonds. The number of hydrogen-bond acceptors (Lipinski definition) is 1. The highest BCUT2D eigenvalue weighted by Crippen LogP contribution is 2.30. The molecule has 27 heavy (non-hydrogen) atoms. The maximum absolute atomic E-state index is 12.7. The quantitative estimate of drug-likeness (QED) is 0.758. The topological polar surface area (TPSA) is 44.7 Å². The van der Waals surface area contributed by atoms with E-state index in [4.69, 9.17) is 0 Å². The fourth-order valence-corrected chi connectivity index (χ4v) is 2.86. The number of alkyl halides is 3. The number of carbonyl (C=O) groups is 1. The summed E-state index contributed by atoms with van der Waals surface area (Å²) < 4.78 is 38.2. The lowest BCUT2D eigenvalue weighted by Gasteiger charge is -2.18. The molecule has 1 N–H and O–H groups in total. The summed E-state index contributed by atoms with van der Waals surface area (Å²) in [5.74, 6) is 0.651. The van der Waals surface area contributed by atoms with Crippen LogP contribution >= 0.6 is 12.4 Å². The zero-order valence-corrected chi connectivity index (χ0v) is 15.2. The molecule has 1 saturated heterocycles. The first-order valence-corrected chi connectivity index (χ1v) is 8.26. The van der Waals surface area contributed by atoms with Crippen LogP contribution in [-0.4, -0.2) is 23.3 Å². The van der Waals surface area contributed by atoms with Crippen LogP contribution in [-0.2, 0) is 12.7 Å². The third-order valence-corrected chi connectivity index (χ3v) is 4.08. The SMILES string of the molecule is Cl.O=C(N=C1CCCN1Cc1ccccc1)Nc1cccc(C(F)(F)F)c1. The molecule has 0 atom stereocenters. The second kappa shape index (κ2) is 8.90. The monoisotopic (exact) mass is 397 g/mol. The van der Waals surface area contributed by atoms with Crippen LogP contribution in [0, 0.1) is 0 Å². The molecule has 1 aliphatic heterocycles. The number of urea groups is 1. The van der Waals surface area contributed by atoms with E-state index in [1.165, 1.54) is 12.1 Å². The molecule has 0 aromatic heterocycles. The van der Waals surface area contributed by atoms with Crippen LogP contribution in [0.4, 0.5) is 23.7 Å². The summed E-state index contributed by atoms with van der Waals surface area (Å²) in [5, 5.41) is 2.41. The number of likely N-dealkylation sites (tertiary alicyclic amines) is 1. The van der Waals surface area contributed by atoms with E-state index in [1.807, 2.05) is 35.2 Å². The van der Waals surface area contributed by atoms with E-state index in [2.05, 4.69) is 10.3 Å². The average molecular weight is 398 g/mol. The van der Waals surface area contributed by atoms with Crippen LogP contribution in [0.15, 0.2) is 59.6 Å². The minimum absolute atomic E-state index is 0. The highest BCUT2D eigenvalue weighted by Gasteiger charge is 2.30. The van der Waals surface area contributed by atoms with Crippen LogP contribution < -0.4 is 5.32 Å². The highest BCUT2D eigenvalue weighted by molar-refractivity contribution is 6.00. The van der Waals surface area contributed by atoms with Gasteiger partial charge in [0.25, 0.3) is 0 Å². The molecule has 4 nitrogen and oxygen atoms in total. The van der Waals surface area contributed by atoms with Gasteiger partial charge in [0, 0.05) is 25.2 Å². The van der Waals surface area contributed by atoms with Gasteiger partial charge in [0.1, 0.15) is 5.84 Å². The second-order valence-electron chi connectivity index (χ2n) is 6.05. The third-order valence-electron chi connectivity index (χ3n) is 4.08. The molecule has 1 fully saturated rings. The Kier molecular flexibility index (Phi) is 6.85. The fourth-order valence-electron chi connectivity index (χ4n) is 2.86.